The Kier molecular flexibility index (Phi) is 12.6. The summed E-state index contributed by atoms with van der Waals surface area (Å²) in [5, 5.41) is 44.5. The second-order valence-electron chi connectivity index (χ2n) is 14.7. The lowest BCUT2D eigenvalue weighted by Gasteiger charge is -2.63. The Morgan fingerprint density at radius 3 is 2.16 bits per heavy atom. The van der Waals surface area contributed by atoms with Crippen molar-refractivity contribution in [2.45, 2.75) is 102 Å². The van der Waals surface area contributed by atoms with Crippen LogP contribution in [0, 0.1) is 28.6 Å². The van der Waals surface area contributed by atoms with E-state index in [0.29, 0.717) is 38.1 Å². The van der Waals surface area contributed by atoms with E-state index in [9.17, 15) is 24.9 Å². The first-order valence-corrected chi connectivity index (χ1v) is 17.6. The van der Waals surface area contributed by atoms with Crippen molar-refractivity contribution in [1.29, 1.82) is 0 Å². The minimum Gasteiger partial charge on any atom is -0.478 e. The van der Waals surface area contributed by atoms with Gasteiger partial charge in [-0.1, -0.05) is 39.0 Å². The summed E-state index contributed by atoms with van der Waals surface area (Å²) in [5.41, 5.74) is -3.54. The van der Waals surface area contributed by atoms with E-state index in [1.807, 2.05) is 13.8 Å². The molecule has 12 nitrogen and oxygen atoms in total. The lowest BCUT2D eigenvalue weighted by Crippen LogP contribution is -2.73. The highest BCUT2D eigenvalue weighted by atomic mass is 16.6. The Labute approximate surface area is 291 Å². The van der Waals surface area contributed by atoms with Gasteiger partial charge in [0.1, 0.15) is 12.2 Å². The largest absolute Gasteiger partial charge is 0.478 e. The number of likely N-dealkylation sites (N-methyl/N-ethyl adjacent to an activating group) is 1. The molecule has 8 unspecified atom stereocenters. The molecule has 3 saturated carbocycles. The van der Waals surface area contributed by atoms with Gasteiger partial charge in [0.05, 0.1) is 36.1 Å². The third-order valence-electron chi connectivity index (χ3n) is 12.8. The number of aromatic carboxylic acids is 1. The molecule has 4 fully saturated rings. The summed E-state index contributed by atoms with van der Waals surface area (Å²) < 4.78 is 30.4. The van der Waals surface area contributed by atoms with Gasteiger partial charge in [-0.25, -0.2) is 4.79 Å². The molecule has 1 aromatic rings. The maximum absolute atomic E-state index is 12.8. The summed E-state index contributed by atoms with van der Waals surface area (Å²) in [6.07, 6.45) is -0.740. The van der Waals surface area contributed by atoms with Crippen molar-refractivity contribution in [3.63, 3.8) is 0 Å². The van der Waals surface area contributed by atoms with E-state index in [4.69, 9.17) is 28.8 Å². The molecule has 0 radical (unpaired) electrons. The van der Waals surface area contributed by atoms with E-state index in [1.54, 1.807) is 51.7 Å². The Hall–Kier alpha value is -2.16. The van der Waals surface area contributed by atoms with Crippen LogP contribution in [-0.2, 0) is 28.5 Å². The molecule has 5 rings (SSSR count). The molecule has 4 aliphatic rings. The highest BCUT2D eigenvalue weighted by Gasteiger charge is 2.74. The molecule has 1 heterocycles. The highest BCUT2D eigenvalue weighted by molar-refractivity contribution is 5.87. The molecule has 12 heteroatoms. The molecule has 2 bridgehead atoms. The maximum atomic E-state index is 12.8. The highest BCUT2D eigenvalue weighted by Crippen LogP contribution is 2.68. The molecule has 1 saturated heterocycles. The number of carbonyl (C=O) groups is 2. The summed E-state index contributed by atoms with van der Waals surface area (Å²) in [6.45, 7) is 9.08. The second-order valence-corrected chi connectivity index (χ2v) is 14.7. The third-order valence-corrected chi connectivity index (χ3v) is 12.8. The molecule has 49 heavy (non-hydrogen) atoms. The number of hydrogen-bond acceptors (Lipinski definition) is 11. The molecule has 0 amide bonds. The zero-order valence-corrected chi connectivity index (χ0v) is 30.5. The number of benzene rings is 1. The molecule has 1 aromatic carbocycles. The van der Waals surface area contributed by atoms with E-state index in [0.717, 1.165) is 12.8 Å². The van der Waals surface area contributed by atoms with Gasteiger partial charge in [-0.15, -0.1) is 0 Å². The number of nitrogens with zero attached hydrogens (tertiary/aromatic N) is 1. The standard InChI is InChI=1S/C30H53NO9.C7H6O2/c1-9-28(35)14-20-18(3)29-12-11-21(37-6)24(29)27(17-36-5,22(33)13-23(29)38-7)15-31(10-2)16-30(20,40-19(4)32)25(34)26(28)39-8;8-7(9)6-4-2-1-3-5-6/h18,20-26,33-35H,9-17H2,1-8H3;1-5H,(H,8,9)/t18?,20?,21?,22-,23?,24?,25+,26?,27?,28-,29?,30+;/m1./s1. The first-order valence-electron chi connectivity index (χ1n) is 17.6. The van der Waals surface area contributed by atoms with E-state index < -0.39 is 58.2 Å². The molecule has 3 aliphatic carbocycles. The van der Waals surface area contributed by atoms with Gasteiger partial charge in [0, 0.05) is 77.5 Å². The van der Waals surface area contributed by atoms with Gasteiger partial charge >= 0.3 is 11.9 Å². The monoisotopic (exact) mass is 693 g/mol. The van der Waals surface area contributed by atoms with Crippen LogP contribution in [0.5, 0.6) is 0 Å². The Balaban J connectivity index is 0.000000520. The van der Waals surface area contributed by atoms with Crippen molar-refractivity contribution in [3.05, 3.63) is 35.9 Å². The first-order chi connectivity index (χ1) is 23.2. The van der Waals surface area contributed by atoms with Crippen LogP contribution in [0.15, 0.2) is 30.3 Å². The van der Waals surface area contributed by atoms with Crippen LogP contribution >= 0.6 is 0 Å². The second kappa shape index (κ2) is 15.6. The van der Waals surface area contributed by atoms with Crippen molar-refractivity contribution in [2.24, 2.45) is 28.6 Å². The number of aliphatic hydroxyl groups is 3. The van der Waals surface area contributed by atoms with Crippen LogP contribution in [0.4, 0.5) is 0 Å². The normalized spacial score (nSPS) is 41.9. The number of rotatable bonds is 9. The van der Waals surface area contributed by atoms with Crippen LogP contribution in [0.3, 0.4) is 0 Å². The van der Waals surface area contributed by atoms with Crippen molar-refractivity contribution in [3.8, 4) is 0 Å². The Morgan fingerprint density at radius 2 is 1.67 bits per heavy atom. The van der Waals surface area contributed by atoms with Crippen molar-refractivity contribution < 1.29 is 53.7 Å². The van der Waals surface area contributed by atoms with E-state index in [-0.39, 0.29) is 37.0 Å². The van der Waals surface area contributed by atoms with Gasteiger partial charge in [0.15, 0.2) is 5.60 Å². The molecular formula is C37H59NO11. The zero-order valence-electron chi connectivity index (χ0n) is 30.5. The summed E-state index contributed by atoms with van der Waals surface area (Å²) in [6, 6.07) is 8.30. The minimum atomic E-state index is -1.36. The summed E-state index contributed by atoms with van der Waals surface area (Å²) in [5.74, 6) is -2.12. The molecule has 4 N–H and O–H groups in total. The summed E-state index contributed by atoms with van der Waals surface area (Å²) in [7, 11) is 6.58. The number of methoxy groups -OCH3 is 4. The molecule has 0 spiro atoms. The number of ether oxygens (including phenoxy) is 5. The predicted octanol–water partition coefficient (Wildman–Crippen LogP) is 3.01. The van der Waals surface area contributed by atoms with Gasteiger partial charge in [-0.2, -0.15) is 0 Å². The molecule has 278 valence electrons. The average Bonchev–Trinajstić information content (AvgIpc) is 3.50. The molecule has 1 aliphatic heterocycles. The number of carbonyl (C=O) groups excluding carboxylic acids is 1. The van der Waals surface area contributed by atoms with Crippen LogP contribution in [-0.4, -0.2) is 134 Å². The fourth-order valence-corrected chi connectivity index (χ4v) is 10.6. The third kappa shape index (κ3) is 6.68. The average molecular weight is 694 g/mol. The Morgan fingerprint density at radius 1 is 1.00 bits per heavy atom. The fourth-order valence-electron chi connectivity index (χ4n) is 10.6. The number of carboxylic acid groups (broad SMARTS) is 1. The predicted molar refractivity (Wildman–Crippen MR) is 181 cm³/mol. The Bertz CT molecular complexity index is 1270. The SMILES string of the molecule is CCN1CC2(COC)C3C(OC)CCC3(C(OC)C[C@H]2O)C(C)C2C[C@](O)(CC)C(OC)[C@H](O)[C@]2(OC(C)=O)C1.O=C(O)c1ccccc1. The van der Waals surface area contributed by atoms with Crippen molar-refractivity contribution in [1.82, 2.24) is 4.90 Å². The number of carboxylic acids is 1. The van der Waals surface area contributed by atoms with Crippen molar-refractivity contribution >= 4 is 11.9 Å². The van der Waals surface area contributed by atoms with E-state index in [2.05, 4.69) is 11.8 Å². The number of fused-ring (bicyclic) bond motifs is 1. The first kappa shape index (κ1) is 39.6. The fraction of sp³-hybridized carbons (Fsp3) is 0.784. The quantitative estimate of drug-likeness (QED) is 0.280. The van der Waals surface area contributed by atoms with Gasteiger partial charge in [-0.05, 0) is 50.3 Å². The van der Waals surface area contributed by atoms with Crippen LogP contribution in [0.2, 0.25) is 0 Å². The smallest absolute Gasteiger partial charge is 0.335 e. The topological polar surface area (TPSA) is 164 Å². The van der Waals surface area contributed by atoms with Crippen LogP contribution in [0.25, 0.3) is 0 Å². The number of esters is 1. The minimum absolute atomic E-state index is 0.136. The number of hydrogen-bond donors (Lipinski definition) is 4. The zero-order chi connectivity index (χ0) is 36.4. The molecule has 12 atom stereocenters. The number of aliphatic hydroxyl groups excluding tert-OH is 2. The van der Waals surface area contributed by atoms with Crippen LogP contribution < -0.4 is 0 Å². The lowest BCUT2D eigenvalue weighted by molar-refractivity contribution is -0.283. The molecule has 0 aromatic heterocycles. The van der Waals surface area contributed by atoms with Gasteiger partial charge in [-0.3, -0.25) is 9.69 Å². The van der Waals surface area contributed by atoms with Gasteiger partial charge in [0.25, 0.3) is 0 Å². The van der Waals surface area contributed by atoms with Crippen LogP contribution in [0.1, 0.15) is 70.2 Å². The van der Waals surface area contributed by atoms with Gasteiger partial charge < -0.3 is 44.1 Å². The van der Waals surface area contributed by atoms with Gasteiger partial charge in [0.2, 0.25) is 0 Å². The van der Waals surface area contributed by atoms with E-state index in [1.165, 1.54) is 14.0 Å². The summed E-state index contributed by atoms with van der Waals surface area (Å²) >= 11 is 0. The lowest BCUT2D eigenvalue weighted by atomic mass is 9.46. The molecular weight excluding hydrogens is 634 g/mol. The summed E-state index contributed by atoms with van der Waals surface area (Å²) in [4.78, 5) is 25.2. The van der Waals surface area contributed by atoms with Crippen molar-refractivity contribution in [2.75, 3.05) is 54.7 Å². The van der Waals surface area contributed by atoms with E-state index >= 15 is 0 Å². The maximum Gasteiger partial charge on any atom is 0.335 e.